The first kappa shape index (κ1) is 14.7. The van der Waals surface area contributed by atoms with E-state index in [1.54, 1.807) is 0 Å². The zero-order chi connectivity index (χ0) is 14.9. The number of nitro groups is 1. The van der Waals surface area contributed by atoms with E-state index in [2.05, 4.69) is 0 Å². The van der Waals surface area contributed by atoms with Gasteiger partial charge in [-0.15, -0.1) is 0 Å². The first-order valence-corrected chi connectivity index (χ1v) is 6.01. The van der Waals surface area contributed by atoms with Gasteiger partial charge < -0.3 is 24.8 Å². The lowest BCUT2D eigenvalue weighted by Crippen LogP contribution is -2.58. The number of nitrogens with zero attached hydrogens (tertiary/aromatic N) is 1. The SMILES string of the molecule is C[C@@H]1O[C@@H](Oc2ccc([N+](=O)[O-])cc2)[C@@H](O)C(O)[C@@H]1O. The van der Waals surface area contributed by atoms with Crippen LogP contribution in [0.15, 0.2) is 24.3 Å². The molecule has 5 atom stereocenters. The molecule has 110 valence electrons. The van der Waals surface area contributed by atoms with Gasteiger partial charge in [-0.2, -0.15) is 0 Å². The van der Waals surface area contributed by atoms with Crippen LogP contribution in [0.25, 0.3) is 0 Å². The quantitative estimate of drug-likeness (QED) is 0.519. The predicted octanol–water partition coefficient (Wildman–Crippen LogP) is -0.199. The molecule has 0 aromatic heterocycles. The molecule has 3 N–H and O–H groups in total. The highest BCUT2D eigenvalue weighted by molar-refractivity contribution is 5.36. The first-order chi connectivity index (χ1) is 9.40. The third kappa shape index (κ3) is 2.88. The third-order valence-corrected chi connectivity index (χ3v) is 3.11. The summed E-state index contributed by atoms with van der Waals surface area (Å²) in [5, 5.41) is 39.4. The standard InChI is InChI=1S/C12H15NO7/c1-6-9(14)10(15)11(16)12(19-6)20-8-4-2-7(3-5-8)13(17)18/h2-6,9-12,14-16H,1H3/t6-,9+,10?,11-,12-/m0/s1. The van der Waals surface area contributed by atoms with Crippen molar-refractivity contribution >= 4 is 5.69 Å². The van der Waals surface area contributed by atoms with Crippen LogP contribution < -0.4 is 4.74 Å². The number of aliphatic hydroxyl groups excluding tert-OH is 3. The molecule has 0 amide bonds. The lowest BCUT2D eigenvalue weighted by Gasteiger charge is -2.38. The Morgan fingerprint density at radius 2 is 1.75 bits per heavy atom. The van der Waals surface area contributed by atoms with Gasteiger partial charge in [-0.05, 0) is 19.1 Å². The molecular weight excluding hydrogens is 270 g/mol. The van der Waals surface area contributed by atoms with Crippen molar-refractivity contribution in [2.45, 2.75) is 37.6 Å². The molecule has 8 heteroatoms. The van der Waals surface area contributed by atoms with Gasteiger partial charge in [0.2, 0.25) is 6.29 Å². The van der Waals surface area contributed by atoms with Gasteiger partial charge in [0.1, 0.15) is 24.1 Å². The van der Waals surface area contributed by atoms with E-state index < -0.39 is 35.6 Å². The van der Waals surface area contributed by atoms with E-state index in [0.717, 1.165) is 0 Å². The minimum Gasteiger partial charge on any atom is -0.462 e. The van der Waals surface area contributed by atoms with Gasteiger partial charge >= 0.3 is 0 Å². The monoisotopic (exact) mass is 285 g/mol. The fourth-order valence-electron chi connectivity index (χ4n) is 1.89. The Bertz CT molecular complexity index is 477. The van der Waals surface area contributed by atoms with Crippen molar-refractivity contribution in [3.8, 4) is 5.75 Å². The minimum absolute atomic E-state index is 0.0914. The maximum Gasteiger partial charge on any atom is 0.269 e. The van der Waals surface area contributed by atoms with Crippen molar-refractivity contribution in [3.05, 3.63) is 34.4 Å². The number of benzene rings is 1. The summed E-state index contributed by atoms with van der Waals surface area (Å²) < 4.78 is 10.6. The molecule has 1 aliphatic rings. The van der Waals surface area contributed by atoms with E-state index >= 15 is 0 Å². The van der Waals surface area contributed by atoms with E-state index in [1.165, 1.54) is 31.2 Å². The molecular formula is C12H15NO7. The number of rotatable bonds is 3. The number of non-ortho nitro benzene ring substituents is 1. The average molecular weight is 285 g/mol. The Labute approximate surface area is 114 Å². The normalized spacial score (nSPS) is 33.7. The topological polar surface area (TPSA) is 122 Å². The summed E-state index contributed by atoms with van der Waals surface area (Å²) in [6, 6.07) is 5.21. The van der Waals surface area contributed by atoms with Crippen LogP contribution in [-0.4, -0.2) is 50.9 Å². The summed E-state index contributed by atoms with van der Waals surface area (Å²) >= 11 is 0. The van der Waals surface area contributed by atoms with Crippen LogP contribution in [0.2, 0.25) is 0 Å². The van der Waals surface area contributed by atoms with Crippen LogP contribution in [0, 0.1) is 10.1 Å². The Hall–Kier alpha value is -1.74. The van der Waals surface area contributed by atoms with Gasteiger partial charge in [-0.3, -0.25) is 10.1 Å². The summed E-state index contributed by atoms with van der Waals surface area (Å²) in [5.41, 5.74) is -0.0914. The molecule has 0 aliphatic carbocycles. The Morgan fingerprint density at radius 3 is 2.30 bits per heavy atom. The molecule has 1 unspecified atom stereocenters. The van der Waals surface area contributed by atoms with Gasteiger partial charge in [0.05, 0.1) is 11.0 Å². The molecule has 1 aliphatic heterocycles. The number of nitro benzene ring substituents is 1. The summed E-state index contributed by atoms with van der Waals surface area (Å²) in [7, 11) is 0. The minimum atomic E-state index is -1.42. The van der Waals surface area contributed by atoms with E-state index in [4.69, 9.17) is 9.47 Å². The zero-order valence-electron chi connectivity index (χ0n) is 10.6. The van der Waals surface area contributed by atoms with Crippen LogP contribution in [-0.2, 0) is 4.74 Å². The highest BCUT2D eigenvalue weighted by atomic mass is 16.7. The van der Waals surface area contributed by atoms with Crippen molar-refractivity contribution in [3.63, 3.8) is 0 Å². The Balaban J connectivity index is 2.07. The molecule has 2 rings (SSSR count). The van der Waals surface area contributed by atoms with Gasteiger partial charge in [-0.25, -0.2) is 0 Å². The molecule has 0 radical (unpaired) electrons. The molecule has 1 saturated heterocycles. The van der Waals surface area contributed by atoms with Crippen molar-refractivity contribution in [2.75, 3.05) is 0 Å². The summed E-state index contributed by atoms with van der Waals surface area (Å²) in [6.07, 6.45) is -5.89. The lowest BCUT2D eigenvalue weighted by molar-refractivity contribution is -0.384. The number of aliphatic hydroxyl groups is 3. The molecule has 0 saturated carbocycles. The highest BCUT2D eigenvalue weighted by Gasteiger charge is 2.43. The van der Waals surface area contributed by atoms with Crippen molar-refractivity contribution in [1.29, 1.82) is 0 Å². The number of ether oxygens (including phenoxy) is 2. The van der Waals surface area contributed by atoms with Crippen LogP contribution in [0.1, 0.15) is 6.92 Å². The summed E-state index contributed by atoms with van der Waals surface area (Å²) in [5.74, 6) is 0.246. The molecule has 20 heavy (non-hydrogen) atoms. The van der Waals surface area contributed by atoms with Gasteiger partial charge in [0, 0.05) is 12.1 Å². The molecule has 1 aromatic carbocycles. The van der Waals surface area contributed by atoms with Crippen molar-refractivity contribution in [2.24, 2.45) is 0 Å². The molecule has 1 heterocycles. The molecule has 1 fully saturated rings. The maximum atomic E-state index is 10.5. The lowest BCUT2D eigenvalue weighted by atomic mass is 10.00. The Kier molecular flexibility index (Phi) is 4.19. The summed E-state index contributed by atoms with van der Waals surface area (Å²) in [4.78, 5) is 9.97. The van der Waals surface area contributed by atoms with Gasteiger partial charge in [0.25, 0.3) is 5.69 Å². The second kappa shape index (κ2) is 5.71. The fourth-order valence-corrected chi connectivity index (χ4v) is 1.89. The van der Waals surface area contributed by atoms with Crippen molar-refractivity contribution < 1.29 is 29.7 Å². The molecule has 0 spiro atoms. The van der Waals surface area contributed by atoms with Crippen LogP contribution >= 0.6 is 0 Å². The fraction of sp³-hybridized carbons (Fsp3) is 0.500. The molecule has 1 aromatic rings. The maximum absolute atomic E-state index is 10.5. The summed E-state index contributed by atoms with van der Waals surface area (Å²) in [6.45, 7) is 1.53. The van der Waals surface area contributed by atoms with Crippen LogP contribution in [0.4, 0.5) is 5.69 Å². The number of hydrogen-bond acceptors (Lipinski definition) is 7. The largest absolute Gasteiger partial charge is 0.462 e. The third-order valence-electron chi connectivity index (χ3n) is 3.11. The van der Waals surface area contributed by atoms with Gasteiger partial charge in [-0.1, -0.05) is 0 Å². The van der Waals surface area contributed by atoms with E-state index in [1.807, 2.05) is 0 Å². The predicted molar refractivity (Wildman–Crippen MR) is 66.1 cm³/mol. The first-order valence-electron chi connectivity index (χ1n) is 6.01. The van der Waals surface area contributed by atoms with Crippen LogP contribution in [0.3, 0.4) is 0 Å². The number of hydrogen-bond donors (Lipinski definition) is 3. The van der Waals surface area contributed by atoms with E-state index in [9.17, 15) is 25.4 Å². The van der Waals surface area contributed by atoms with E-state index in [0.29, 0.717) is 0 Å². The van der Waals surface area contributed by atoms with E-state index in [-0.39, 0.29) is 11.4 Å². The Morgan fingerprint density at radius 1 is 1.15 bits per heavy atom. The smallest absolute Gasteiger partial charge is 0.269 e. The molecule has 8 nitrogen and oxygen atoms in total. The van der Waals surface area contributed by atoms with Crippen molar-refractivity contribution in [1.82, 2.24) is 0 Å². The van der Waals surface area contributed by atoms with Gasteiger partial charge in [0.15, 0.2) is 0 Å². The highest BCUT2D eigenvalue weighted by Crippen LogP contribution is 2.25. The second-order valence-electron chi connectivity index (χ2n) is 4.55. The van der Waals surface area contributed by atoms with Crippen LogP contribution in [0.5, 0.6) is 5.75 Å². The zero-order valence-corrected chi connectivity index (χ0v) is 10.6. The second-order valence-corrected chi connectivity index (χ2v) is 4.55. The average Bonchev–Trinajstić information content (AvgIpc) is 2.43. The molecule has 0 bridgehead atoms.